The number of hydrogen-bond acceptors (Lipinski definition) is 3. The average Bonchev–Trinajstić information content (AvgIpc) is 2.40. The second kappa shape index (κ2) is 6.35. The fourth-order valence-corrected chi connectivity index (χ4v) is 2.82. The molecule has 2 atom stereocenters. The van der Waals surface area contributed by atoms with Crippen LogP contribution in [0.5, 0.6) is 0 Å². The van der Waals surface area contributed by atoms with Gasteiger partial charge < -0.3 is 15.4 Å². The molecule has 1 saturated heterocycles. The van der Waals surface area contributed by atoms with E-state index in [-0.39, 0.29) is 11.9 Å². The Morgan fingerprint density at radius 1 is 1.47 bits per heavy atom. The summed E-state index contributed by atoms with van der Waals surface area (Å²) in [6.45, 7) is 4.34. The number of halogens is 1. The summed E-state index contributed by atoms with van der Waals surface area (Å²) in [7, 11) is 1.73. The molecule has 2 unspecified atom stereocenters. The maximum atomic E-state index is 14.2. The maximum Gasteiger partial charge on any atom is 0.146 e. The van der Waals surface area contributed by atoms with Gasteiger partial charge in [-0.3, -0.25) is 0 Å². The molecule has 2 rings (SSSR count). The number of ether oxygens (including phenoxy) is 1. The molecule has 1 aromatic rings. The van der Waals surface area contributed by atoms with Crippen molar-refractivity contribution < 1.29 is 9.13 Å². The lowest BCUT2D eigenvalue weighted by molar-refractivity contribution is 0.0496. The van der Waals surface area contributed by atoms with E-state index < -0.39 is 0 Å². The van der Waals surface area contributed by atoms with Crippen molar-refractivity contribution in [2.24, 2.45) is 11.7 Å². The summed E-state index contributed by atoms with van der Waals surface area (Å²) >= 11 is 0. The molecular formula is C15H23FN2O. The highest BCUT2D eigenvalue weighted by atomic mass is 19.1. The maximum absolute atomic E-state index is 14.2. The quantitative estimate of drug-likeness (QED) is 0.908. The predicted molar refractivity (Wildman–Crippen MR) is 75.9 cm³/mol. The van der Waals surface area contributed by atoms with Gasteiger partial charge in [0.1, 0.15) is 5.82 Å². The molecule has 0 aromatic heterocycles. The zero-order chi connectivity index (χ0) is 13.8. The summed E-state index contributed by atoms with van der Waals surface area (Å²) in [5.74, 6) is 0.362. The number of anilines is 1. The van der Waals surface area contributed by atoms with Gasteiger partial charge >= 0.3 is 0 Å². The van der Waals surface area contributed by atoms with Crippen molar-refractivity contribution in [1.82, 2.24) is 0 Å². The molecule has 1 fully saturated rings. The Morgan fingerprint density at radius 3 is 2.95 bits per heavy atom. The van der Waals surface area contributed by atoms with Crippen LogP contribution in [0.25, 0.3) is 0 Å². The number of nitrogens with zero attached hydrogens (tertiary/aromatic N) is 1. The summed E-state index contributed by atoms with van der Waals surface area (Å²) in [6.07, 6.45) is 1.89. The average molecular weight is 266 g/mol. The summed E-state index contributed by atoms with van der Waals surface area (Å²) < 4.78 is 19.7. The minimum Gasteiger partial charge on any atom is -0.379 e. The van der Waals surface area contributed by atoms with Crippen molar-refractivity contribution in [3.05, 3.63) is 29.6 Å². The molecule has 3 nitrogen and oxygen atoms in total. The minimum atomic E-state index is -0.157. The van der Waals surface area contributed by atoms with Crippen LogP contribution in [0.4, 0.5) is 10.1 Å². The van der Waals surface area contributed by atoms with Crippen molar-refractivity contribution in [3.63, 3.8) is 0 Å². The lowest BCUT2D eigenvalue weighted by Gasteiger charge is -2.38. The van der Waals surface area contributed by atoms with E-state index >= 15 is 0 Å². The fraction of sp³-hybridized carbons (Fsp3) is 0.600. The molecule has 0 radical (unpaired) electrons. The van der Waals surface area contributed by atoms with Gasteiger partial charge in [0.2, 0.25) is 0 Å². The van der Waals surface area contributed by atoms with Crippen molar-refractivity contribution in [2.45, 2.75) is 25.9 Å². The van der Waals surface area contributed by atoms with E-state index in [1.807, 2.05) is 6.07 Å². The molecule has 1 aromatic carbocycles. The Kier molecular flexibility index (Phi) is 4.77. The predicted octanol–water partition coefficient (Wildman–Crippen LogP) is 2.19. The highest BCUT2D eigenvalue weighted by Gasteiger charge is 2.28. The van der Waals surface area contributed by atoms with Crippen molar-refractivity contribution in [3.8, 4) is 0 Å². The minimum absolute atomic E-state index is 0.157. The van der Waals surface area contributed by atoms with Crippen LogP contribution in [0.1, 0.15) is 18.9 Å². The Balaban J connectivity index is 2.26. The molecule has 0 bridgehead atoms. The molecule has 106 valence electrons. The molecule has 1 aliphatic heterocycles. The van der Waals surface area contributed by atoms with E-state index in [0.717, 1.165) is 25.1 Å². The molecule has 0 spiro atoms. The van der Waals surface area contributed by atoms with Gasteiger partial charge in [0.15, 0.2) is 0 Å². The van der Waals surface area contributed by atoms with E-state index in [0.29, 0.717) is 24.6 Å². The molecule has 0 saturated carbocycles. The molecule has 0 aliphatic carbocycles. The second-order valence-electron chi connectivity index (χ2n) is 5.27. The van der Waals surface area contributed by atoms with E-state index in [2.05, 4.69) is 11.8 Å². The van der Waals surface area contributed by atoms with Gasteiger partial charge in [0, 0.05) is 20.2 Å². The summed E-state index contributed by atoms with van der Waals surface area (Å²) in [5.41, 5.74) is 7.32. The third kappa shape index (κ3) is 3.07. The van der Waals surface area contributed by atoms with Crippen LogP contribution in [-0.4, -0.2) is 32.8 Å². The van der Waals surface area contributed by atoms with Crippen molar-refractivity contribution in [2.75, 3.05) is 31.6 Å². The van der Waals surface area contributed by atoms with Crippen LogP contribution in [0.2, 0.25) is 0 Å². The highest BCUT2D eigenvalue weighted by molar-refractivity contribution is 5.55. The van der Waals surface area contributed by atoms with E-state index in [4.69, 9.17) is 10.5 Å². The lowest BCUT2D eigenvalue weighted by Crippen LogP contribution is -2.44. The molecule has 0 amide bonds. The third-order valence-electron chi connectivity index (χ3n) is 3.99. The van der Waals surface area contributed by atoms with Crippen LogP contribution in [0, 0.1) is 11.7 Å². The Bertz CT molecular complexity index is 425. The normalized spacial score (nSPS) is 23.7. The molecule has 1 heterocycles. The van der Waals surface area contributed by atoms with Crippen LogP contribution < -0.4 is 10.6 Å². The number of rotatable bonds is 4. The van der Waals surface area contributed by atoms with Gasteiger partial charge in [-0.15, -0.1) is 0 Å². The Hall–Kier alpha value is -1.13. The van der Waals surface area contributed by atoms with Gasteiger partial charge in [-0.25, -0.2) is 4.39 Å². The molecule has 1 aliphatic rings. The number of hydrogen-bond donors (Lipinski definition) is 1. The van der Waals surface area contributed by atoms with Crippen LogP contribution in [-0.2, 0) is 11.2 Å². The van der Waals surface area contributed by atoms with Crippen LogP contribution in [0.15, 0.2) is 18.2 Å². The van der Waals surface area contributed by atoms with E-state index in [9.17, 15) is 4.39 Å². The third-order valence-corrected chi connectivity index (χ3v) is 3.99. The monoisotopic (exact) mass is 266 g/mol. The highest BCUT2D eigenvalue weighted by Crippen LogP contribution is 2.30. The molecule has 4 heteroatoms. The first-order valence-electron chi connectivity index (χ1n) is 6.92. The number of benzene rings is 1. The van der Waals surface area contributed by atoms with Crippen LogP contribution >= 0.6 is 0 Å². The number of methoxy groups -OCH3 is 1. The van der Waals surface area contributed by atoms with Crippen molar-refractivity contribution >= 4 is 5.69 Å². The smallest absolute Gasteiger partial charge is 0.146 e. The second-order valence-corrected chi connectivity index (χ2v) is 5.27. The number of nitrogens with two attached hydrogens (primary N) is 1. The topological polar surface area (TPSA) is 38.5 Å². The molecule has 19 heavy (non-hydrogen) atoms. The zero-order valence-corrected chi connectivity index (χ0v) is 11.7. The summed E-state index contributed by atoms with van der Waals surface area (Å²) in [4.78, 5) is 2.11. The van der Waals surface area contributed by atoms with Crippen molar-refractivity contribution in [1.29, 1.82) is 0 Å². The van der Waals surface area contributed by atoms with Gasteiger partial charge in [-0.05, 0) is 36.9 Å². The number of piperidine rings is 1. The zero-order valence-electron chi connectivity index (χ0n) is 11.7. The molecular weight excluding hydrogens is 243 g/mol. The van der Waals surface area contributed by atoms with Crippen LogP contribution in [0.3, 0.4) is 0 Å². The lowest BCUT2D eigenvalue weighted by atomic mass is 9.94. The first kappa shape index (κ1) is 14.3. The number of para-hydroxylation sites is 1. The van der Waals surface area contributed by atoms with Gasteiger partial charge in [-0.2, -0.15) is 0 Å². The standard InChI is InChI=1S/C15H23FN2O/c1-11-7-9-18(10-14(11)19-2)15-12(6-8-17)4-3-5-13(15)16/h3-5,11,14H,6-10,17H2,1-2H3. The molecule has 2 N–H and O–H groups in total. The SMILES string of the molecule is COC1CN(c2c(F)cccc2CCN)CCC1C. The Labute approximate surface area is 114 Å². The first-order chi connectivity index (χ1) is 9.17. The van der Waals surface area contributed by atoms with Gasteiger partial charge in [0.05, 0.1) is 11.8 Å². The first-order valence-corrected chi connectivity index (χ1v) is 6.92. The summed E-state index contributed by atoms with van der Waals surface area (Å²) in [5, 5.41) is 0. The van der Waals surface area contributed by atoms with E-state index in [1.165, 1.54) is 6.07 Å². The Morgan fingerprint density at radius 2 is 2.26 bits per heavy atom. The van der Waals surface area contributed by atoms with Gasteiger partial charge in [0.25, 0.3) is 0 Å². The van der Waals surface area contributed by atoms with Gasteiger partial charge in [-0.1, -0.05) is 19.1 Å². The van der Waals surface area contributed by atoms with E-state index in [1.54, 1.807) is 13.2 Å². The fourth-order valence-electron chi connectivity index (χ4n) is 2.82. The largest absolute Gasteiger partial charge is 0.379 e. The summed E-state index contributed by atoms with van der Waals surface area (Å²) in [6, 6.07) is 5.24.